The van der Waals surface area contributed by atoms with Crippen molar-refractivity contribution < 1.29 is 4.79 Å². The molecule has 2 aromatic heterocycles. The molecule has 2 N–H and O–H groups in total. The average molecular weight is 476 g/mol. The minimum Gasteiger partial charge on any atom is -0.347 e. The summed E-state index contributed by atoms with van der Waals surface area (Å²) in [5.74, 6) is 1.42. The standard InChI is InChI=1S/C27H30ClN5O/c28-24-9-8-20-22(32-24)7-4-11-27(20)17-29-16-21(27)26(34)33-14-10-19(18-5-2-1-3-6-18)15-23(33)25-30-12-13-31-25/h1-3,5-6,8-9,12-13,19,21,23,29H,4,7,10-11,14-17H2,(H,30,31)/t19-,21+,23?,27+/m1/s1. The van der Waals surface area contributed by atoms with Crippen molar-refractivity contribution in [3.05, 3.63) is 82.7 Å². The maximum atomic E-state index is 14.3. The maximum absolute atomic E-state index is 14.3. The van der Waals surface area contributed by atoms with Crippen LogP contribution in [-0.4, -0.2) is 45.4 Å². The van der Waals surface area contributed by atoms with E-state index in [4.69, 9.17) is 11.6 Å². The number of hydrogen-bond acceptors (Lipinski definition) is 4. The lowest BCUT2D eigenvalue weighted by Gasteiger charge is -2.44. The second-order valence-corrected chi connectivity index (χ2v) is 10.4. The maximum Gasteiger partial charge on any atom is 0.228 e. The number of nitrogens with zero attached hydrogens (tertiary/aromatic N) is 3. The molecule has 34 heavy (non-hydrogen) atoms. The summed E-state index contributed by atoms with van der Waals surface area (Å²) in [7, 11) is 0. The van der Waals surface area contributed by atoms with Crippen LogP contribution < -0.4 is 5.32 Å². The van der Waals surface area contributed by atoms with Gasteiger partial charge >= 0.3 is 0 Å². The number of pyridine rings is 1. The van der Waals surface area contributed by atoms with Crippen molar-refractivity contribution in [1.29, 1.82) is 0 Å². The van der Waals surface area contributed by atoms with Crippen LogP contribution in [0, 0.1) is 5.92 Å². The number of imidazole rings is 1. The van der Waals surface area contributed by atoms with Gasteiger partial charge in [-0.25, -0.2) is 9.97 Å². The molecule has 3 aliphatic rings. The van der Waals surface area contributed by atoms with Gasteiger partial charge in [0.15, 0.2) is 0 Å². The van der Waals surface area contributed by atoms with Gasteiger partial charge in [-0.15, -0.1) is 0 Å². The van der Waals surface area contributed by atoms with Gasteiger partial charge in [0.2, 0.25) is 5.91 Å². The van der Waals surface area contributed by atoms with E-state index in [2.05, 4.69) is 61.6 Å². The van der Waals surface area contributed by atoms with E-state index < -0.39 is 0 Å². The number of aromatic amines is 1. The Balaban J connectivity index is 1.33. The first kappa shape index (κ1) is 21.8. The van der Waals surface area contributed by atoms with E-state index in [9.17, 15) is 4.79 Å². The average Bonchev–Trinajstić information content (AvgIpc) is 3.55. The summed E-state index contributed by atoms with van der Waals surface area (Å²) in [6.45, 7) is 2.25. The van der Waals surface area contributed by atoms with Crippen molar-refractivity contribution in [3.63, 3.8) is 0 Å². The zero-order valence-corrected chi connectivity index (χ0v) is 20.0. The van der Waals surface area contributed by atoms with Gasteiger partial charge < -0.3 is 15.2 Å². The number of halogens is 1. The first-order valence-electron chi connectivity index (χ1n) is 12.4. The van der Waals surface area contributed by atoms with E-state index in [1.165, 1.54) is 11.1 Å². The number of fused-ring (bicyclic) bond motifs is 2. The van der Waals surface area contributed by atoms with Gasteiger partial charge in [-0.05, 0) is 55.2 Å². The molecule has 4 heterocycles. The monoisotopic (exact) mass is 475 g/mol. The van der Waals surface area contributed by atoms with E-state index in [-0.39, 0.29) is 23.3 Å². The number of aromatic nitrogens is 3. The van der Waals surface area contributed by atoms with E-state index in [0.29, 0.717) is 17.6 Å². The number of amides is 1. The number of H-pyrrole nitrogens is 1. The highest BCUT2D eigenvalue weighted by Crippen LogP contribution is 2.47. The van der Waals surface area contributed by atoms with E-state index in [0.717, 1.165) is 56.7 Å². The van der Waals surface area contributed by atoms with Crippen LogP contribution in [0.15, 0.2) is 54.9 Å². The van der Waals surface area contributed by atoms with Crippen LogP contribution >= 0.6 is 11.6 Å². The topological polar surface area (TPSA) is 73.9 Å². The van der Waals surface area contributed by atoms with Crippen LogP contribution in [0.5, 0.6) is 0 Å². The Morgan fingerprint density at radius 3 is 2.88 bits per heavy atom. The molecule has 0 radical (unpaired) electrons. The normalized spacial score (nSPS) is 28.7. The Kier molecular flexibility index (Phi) is 5.66. The molecule has 6 rings (SSSR count). The predicted octanol–water partition coefficient (Wildman–Crippen LogP) is 4.40. The number of carbonyl (C=O) groups is 1. The molecule has 3 aromatic rings. The van der Waals surface area contributed by atoms with Crippen molar-refractivity contribution >= 4 is 17.5 Å². The Labute approximate surface area is 205 Å². The number of benzene rings is 1. The molecular formula is C27H30ClN5O. The molecule has 2 aliphatic heterocycles. The molecule has 2 fully saturated rings. The largest absolute Gasteiger partial charge is 0.347 e. The molecule has 1 amide bonds. The molecule has 7 heteroatoms. The molecule has 4 atom stereocenters. The number of hydrogen-bond donors (Lipinski definition) is 2. The summed E-state index contributed by atoms with van der Waals surface area (Å²) < 4.78 is 0. The molecule has 1 aliphatic carbocycles. The quantitative estimate of drug-likeness (QED) is 0.551. The van der Waals surface area contributed by atoms with Gasteiger partial charge in [0.25, 0.3) is 0 Å². The third-order valence-electron chi connectivity index (χ3n) is 8.26. The Bertz CT molecular complexity index is 1170. The van der Waals surface area contributed by atoms with Crippen LogP contribution in [0.2, 0.25) is 5.15 Å². The van der Waals surface area contributed by atoms with Crippen LogP contribution in [0.3, 0.4) is 0 Å². The second kappa shape index (κ2) is 8.82. The third kappa shape index (κ3) is 3.64. The summed E-state index contributed by atoms with van der Waals surface area (Å²) in [4.78, 5) is 28.9. The molecule has 1 unspecified atom stereocenters. The Morgan fingerprint density at radius 2 is 2.06 bits per heavy atom. The number of carbonyl (C=O) groups excluding carboxylic acids is 1. The smallest absolute Gasteiger partial charge is 0.228 e. The lowest BCUT2D eigenvalue weighted by molar-refractivity contribution is -0.141. The zero-order valence-electron chi connectivity index (χ0n) is 19.2. The van der Waals surface area contributed by atoms with Crippen molar-refractivity contribution in [1.82, 2.24) is 25.2 Å². The van der Waals surface area contributed by atoms with Gasteiger partial charge in [0.05, 0.1) is 12.0 Å². The SMILES string of the molecule is O=C([C@@H]1CNC[C@]12CCCc1nc(Cl)ccc12)N1CC[C@@H](c2ccccc2)CC1c1ncc[nH]1. The minimum absolute atomic E-state index is 0.0505. The first-order chi connectivity index (χ1) is 16.7. The van der Waals surface area contributed by atoms with Crippen LogP contribution in [-0.2, 0) is 16.6 Å². The predicted molar refractivity (Wildman–Crippen MR) is 132 cm³/mol. The highest BCUT2D eigenvalue weighted by Gasteiger charge is 2.52. The zero-order chi connectivity index (χ0) is 23.1. The van der Waals surface area contributed by atoms with Gasteiger partial charge in [-0.1, -0.05) is 48.0 Å². The molecule has 1 spiro atoms. The van der Waals surface area contributed by atoms with Crippen LogP contribution in [0.25, 0.3) is 0 Å². The van der Waals surface area contributed by atoms with Crippen LogP contribution in [0.1, 0.15) is 60.3 Å². The minimum atomic E-state index is -0.216. The summed E-state index contributed by atoms with van der Waals surface area (Å²) in [6, 6.07) is 14.6. The molecule has 2 saturated heterocycles. The Morgan fingerprint density at radius 1 is 1.18 bits per heavy atom. The highest BCUT2D eigenvalue weighted by molar-refractivity contribution is 6.29. The second-order valence-electron chi connectivity index (χ2n) is 9.98. The Hall–Kier alpha value is -2.70. The summed E-state index contributed by atoms with van der Waals surface area (Å²) >= 11 is 6.22. The summed E-state index contributed by atoms with van der Waals surface area (Å²) in [5, 5.41) is 4.09. The van der Waals surface area contributed by atoms with Gasteiger partial charge in [-0.2, -0.15) is 0 Å². The fourth-order valence-corrected chi connectivity index (χ4v) is 6.79. The summed E-state index contributed by atoms with van der Waals surface area (Å²) in [6.07, 6.45) is 8.45. The van der Waals surface area contributed by atoms with Gasteiger partial charge in [-0.3, -0.25) is 4.79 Å². The molecule has 0 saturated carbocycles. The van der Waals surface area contributed by atoms with Gasteiger partial charge in [0, 0.05) is 43.1 Å². The van der Waals surface area contributed by atoms with E-state index in [1.807, 2.05) is 12.3 Å². The number of aryl methyl sites for hydroxylation is 1. The lowest BCUT2D eigenvalue weighted by Crippen LogP contribution is -2.50. The molecular weight excluding hydrogens is 446 g/mol. The lowest BCUT2D eigenvalue weighted by atomic mass is 9.65. The fourth-order valence-electron chi connectivity index (χ4n) is 6.63. The van der Waals surface area contributed by atoms with Gasteiger partial charge in [0.1, 0.15) is 11.0 Å². The fraction of sp³-hybridized carbons (Fsp3) is 0.444. The third-order valence-corrected chi connectivity index (χ3v) is 8.47. The number of piperidine rings is 1. The number of rotatable bonds is 3. The summed E-state index contributed by atoms with van der Waals surface area (Å²) in [5.41, 5.74) is 3.40. The highest BCUT2D eigenvalue weighted by atomic mass is 35.5. The van der Waals surface area contributed by atoms with Crippen molar-refractivity contribution in [3.8, 4) is 0 Å². The van der Waals surface area contributed by atoms with E-state index >= 15 is 0 Å². The number of nitrogens with one attached hydrogen (secondary N) is 2. The molecule has 1 aromatic carbocycles. The molecule has 176 valence electrons. The number of likely N-dealkylation sites (tertiary alicyclic amines) is 1. The first-order valence-corrected chi connectivity index (χ1v) is 12.7. The van der Waals surface area contributed by atoms with Crippen LogP contribution in [0.4, 0.5) is 0 Å². The molecule has 6 nitrogen and oxygen atoms in total. The van der Waals surface area contributed by atoms with Crippen molar-refractivity contribution in [2.45, 2.75) is 49.5 Å². The van der Waals surface area contributed by atoms with E-state index in [1.54, 1.807) is 6.20 Å². The molecule has 0 bridgehead atoms. The van der Waals surface area contributed by atoms with Crippen molar-refractivity contribution in [2.75, 3.05) is 19.6 Å². The van der Waals surface area contributed by atoms with Crippen molar-refractivity contribution in [2.24, 2.45) is 5.92 Å².